The number of nitrogens with zero attached hydrogens (tertiary/aromatic N) is 1. The van der Waals surface area contributed by atoms with Crippen molar-refractivity contribution in [3.05, 3.63) is 18.2 Å². The predicted molar refractivity (Wildman–Crippen MR) is 71.6 cm³/mol. The van der Waals surface area contributed by atoms with E-state index >= 15 is 0 Å². The summed E-state index contributed by atoms with van der Waals surface area (Å²) in [4.78, 5) is 2.01. The second kappa shape index (κ2) is 5.06. The summed E-state index contributed by atoms with van der Waals surface area (Å²) in [5, 5.41) is 9.84. The van der Waals surface area contributed by atoms with Gasteiger partial charge in [-0.2, -0.15) is 0 Å². The van der Waals surface area contributed by atoms with Gasteiger partial charge in [0, 0.05) is 31.8 Å². The molecule has 1 aliphatic rings. The maximum atomic E-state index is 9.84. The molecule has 0 atom stereocenters. The molecular weight excluding hydrogens is 230 g/mol. The SMILES string of the molecule is CN(CC(C)(C)O)c1ccc2c(c1)OCCCO2. The van der Waals surface area contributed by atoms with E-state index in [0.29, 0.717) is 19.8 Å². The smallest absolute Gasteiger partial charge is 0.163 e. The zero-order valence-electron chi connectivity index (χ0n) is 11.3. The maximum Gasteiger partial charge on any atom is 0.163 e. The number of benzene rings is 1. The fourth-order valence-corrected chi connectivity index (χ4v) is 2.06. The third-order valence-electron chi connectivity index (χ3n) is 2.80. The van der Waals surface area contributed by atoms with Crippen molar-refractivity contribution in [2.75, 3.05) is 31.7 Å². The van der Waals surface area contributed by atoms with Crippen molar-refractivity contribution in [3.63, 3.8) is 0 Å². The Morgan fingerprint density at radius 1 is 1.22 bits per heavy atom. The van der Waals surface area contributed by atoms with Crippen molar-refractivity contribution >= 4 is 5.69 Å². The number of hydrogen-bond donors (Lipinski definition) is 1. The molecule has 0 unspecified atom stereocenters. The van der Waals surface area contributed by atoms with Gasteiger partial charge in [-0.3, -0.25) is 0 Å². The largest absolute Gasteiger partial charge is 0.490 e. The minimum atomic E-state index is -0.723. The second-order valence-electron chi connectivity index (χ2n) is 5.35. The van der Waals surface area contributed by atoms with Gasteiger partial charge in [0.1, 0.15) is 0 Å². The van der Waals surface area contributed by atoms with Gasteiger partial charge < -0.3 is 19.5 Å². The van der Waals surface area contributed by atoms with Gasteiger partial charge in [0.25, 0.3) is 0 Å². The highest BCUT2D eigenvalue weighted by molar-refractivity contribution is 5.56. The van der Waals surface area contributed by atoms with Crippen molar-refractivity contribution in [2.45, 2.75) is 25.9 Å². The van der Waals surface area contributed by atoms with E-state index in [4.69, 9.17) is 9.47 Å². The Morgan fingerprint density at radius 3 is 2.56 bits per heavy atom. The van der Waals surface area contributed by atoms with E-state index in [1.165, 1.54) is 0 Å². The summed E-state index contributed by atoms with van der Waals surface area (Å²) in [5.74, 6) is 1.58. The first kappa shape index (κ1) is 13.0. The molecule has 18 heavy (non-hydrogen) atoms. The summed E-state index contributed by atoms with van der Waals surface area (Å²) < 4.78 is 11.2. The van der Waals surface area contributed by atoms with Crippen molar-refractivity contribution in [1.82, 2.24) is 0 Å². The van der Waals surface area contributed by atoms with Crippen molar-refractivity contribution in [2.24, 2.45) is 0 Å². The zero-order chi connectivity index (χ0) is 13.2. The molecule has 100 valence electrons. The van der Waals surface area contributed by atoms with Crippen LogP contribution in [0.4, 0.5) is 5.69 Å². The van der Waals surface area contributed by atoms with Crippen LogP contribution in [-0.4, -0.2) is 37.5 Å². The molecule has 0 bridgehead atoms. The molecule has 0 amide bonds. The summed E-state index contributed by atoms with van der Waals surface area (Å²) >= 11 is 0. The molecule has 1 heterocycles. The van der Waals surface area contributed by atoms with Crippen LogP contribution in [0.15, 0.2) is 18.2 Å². The van der Waals surface area contributed by atoms with E-state index in [9.17, 15) is 5.11 Å². The van der Waals surface area contributed by atoms with Crippen molar-refractivity contribution < 1.29 is 14.6 Å². The van der Waals surface area contributed by atoms with Crippen LogP contribution in [0.5, 0.6) is 11.5 Å². The topological polar surface area (TPSA) is 41.9 Å². The third-order valence-corrected chi connectivity index (χ3v) is 2.80. The molecule has 0 spiro atoms. The van der Waals surface area contributed by atoms with Gasteiger partial charge in [-0.25, -0.2) is 0 Å². The lowest BCUT2D eigenvalue weighted by Gasteiger charge is -2.27. The number of ether oxygens (including phenoxy) is 2. The lowest BCUT2D eigenvalue weighted by atomic mass is 10.1. The molecule has 4 heteroatoms. The molecule has 0 saturated carbocycles. The van der Waals surface area contributed by atoms with Crippen LogP contribution in [0.3, 0.4) is 0 Å². The highest BCUT2D eigenvalue weighted by Crippen LogP contribution is 2.33. The number of rotatable bonds is 3. The Kier molecular flexibility index (Phi) is 3.66. The molecule has 0 saturated heterocycles. The minimum Gasteiger partial charge on any atom is -0.490 e. The Morgan fingerprint density at radius 2 is 1.89 bits per heavy atom. The number of likely N-dealkylation sites (N-methyl/N-ethyl adjacent to an activating group) is 1. The normalized spacial score (nSPS) is 15.1. The van der Waals surface area contributed by atoms with Gasteiger partial charge in [0.2, 0.25) is 0 Å². The lowest BCUT2D eigenvalue weighted by Crippen LogP contribution is -2.36. The van der Waals surface area contributed by atoms with Crippen LogP contribution in [0.25, 0.3) is 0 Å². The average molecular weight is 251 g/mol. The van der Waals surface area contributed by atoms with Crippen LogP contribution < -0.4 is 14.4 Å². The number of aliphatic hydroxyl groups is 1. The van der Waals surface area contributed by atoms with Crippen molar-refractivity contribution in [1.29, 1.82) is 0 Å². The highest BCUT2D eigenvalue weighted by Gasteiger charge is 2.18. The quantitative estimate of drug-likeness (QED) is 0.893. The fraction of sp³-hybridized carbons (Fsp3) is 0.571. The Bertz CT molecular complexity index is 412. The molecule has 2 rings (SSSR count). The molecular formula is C14H21NO3. The fourth-order valence-electron chi connectivity index (χ4n) is 2.06. The molecule has 1 aromatic rings. The number of fused-ring (bicyclic) bond motifs is 1. The molecule has 4 nitrogen and oxygen atoms in total. The van der Waals surface area contributed by atoms with E-state index in [2.05, 4.69) is 0 Å². The predicted octanol–water partition coefficient (Wildman–Crippen LogP) is 2.05. The molecule has 0 aliphatic carbocycles. The first-order valence-electron chi connectivity index (χ1n) is 6.29. The van der Waals surface area contributed by atoms with E-state index < -0.39 is 5.60 Å². The van der Waals surface area contributed by atoms with E-state index in [1.54, 1.807) is 13.8 Å². The van der Waals surface area contributed by atoms with Gasteiger partial charge in [0.05, 0.1) is 18.8 Å². The first-order valence-corrected chi connectivity index (χ1v) is 6.29. The molecule has 0 radical (unpaired) electrons. The molecule has 1 aliphatic heterocycles. The number of hydrogen-bond acceptors (Lipinski definition) is 4. The van der Waals surface area contributed by atoms with Gasteiger partial charge in [-0.15, -0.1) is 0 Å². The first-order chi connectivity index (χ1) is 8.46. The van der Waals surface area contributed by atoms with Crippen molar-refractivity contribution in [3.8, 4) is 11.5 Å². The Labute approximate surface area is 108 Å². The summed E-state index contributed by atoms with van der Waals surface area (Å²) in [6, 6.07) is 5.88. The van der Waals surface area contributed by atoms with E-state index in [0.717, 1.165) is 23.6 Å². The van der Waals surface area contributed by atoms with Crippen LogP contribution in [0.2, 0.25) is 0 Å². The van der Waals surface area contributed by atoms with Gasteiger partial charge in [0.15, 0.2) is 11.5 Å². The molecule has 0 aromatic heterocycles. The summed E-state index contributed by atoms with van der Waals surface area (Å²) in [6.07, 6.45) is 0.906. The Balaban J connectivity index is 2.17. The summed E-state index contributed by atoms with van der Waals surface area (Å²) in [6.45, 7) is 5.54. The van der Waals surface area contributed by atoms with Gasteiger partial charge in [-0.05, 0) is 26.0 Å². The molecule has 0 fully saturated rings. The maximum absolute atomic E-state index is 9.84. The van der Waals surface area contributed by atoms with Crippen LogP contribution in [0, 0.1) is 0 Å². The van der Waals surface area contributed by atoms with Crippen LogP contribution in [0.1, 0.15) is 20.3 Å². The third kappa shape index (κ3) is 3.29. The van der Waals surface area contributed by atoms with Crippen LogP contribution >= 0.6 is 0 Å². The van der Waals surface area contributed by atoms with E-state index in [1.807, 2.05) is 30.1 Å². The molecule has 1 aromatic carbocycles. The monoisotopic (exact) mass is 251 g/mol. The standard InChI is InChI=1S/C14H21NO3/c1-14(2,16)10-15(3)11-5-6-12-13(9-11)18-8-4-7-17-12/h5-6,9,16H,4,7-8,10H2,1-3H3. The summed E-state index contributed by atoms with van der Waals surface area (Å²) in [7, 11) is 1.96. The van der Waals surface area contributed by atoms with E-state index in [-0.39, 0.29) is 0 Å². The van der Waals surface area contributed by atoms with Gasteiger partial charge >= 0.3 is 0 Å². The highest BCUT2D eigenvalue weighted by atomic mass is 16.5. The van der Waals surface area contributed by atoms with Crippen LogP contribution in [-0.2, 0) is 0 Å². The minimum absolute atomic E-state index is 0.562. The number of anilines is 1. The average Bonchev–Trinajstić information content (AvgIpc) is 2.50. The second-order valence-corrected chi connectivity index (χ2v) is 5.35. The van der Waals surface area contributed by atoms with Gasteiger partial charge in [-0.1, -0.05) is 0 Å². The molecule has 1 N–H and O–H groups in total. The Hall–Kier alpha value is -1.42. The zero-order valence-corrected chi connectivity index (χ0v) is 11.3. The lowest BCUT2D eigenvalue weighted by molar-refractivity contribution is 0.0886. The summed E-state index contributed by atoms with van der Waals surface area (Å²) in [5.41, 5.74) is 0.292.